The molecular weight excluding hydrogens is 276 g/mol. The van der Waals surface area contributed by atoms with E-state index in [1.807, 2.05) is 0 Å². The van der Waals surface area contributed by atoms with Gasteiger partial charge in [0.15, 0.2) is 0 Å². The molecule has 98 valence electrons. The van der Waals surface area contributed by atoms with Crippen LogP contribution in [0.1, 0.15) is 0 Å². The van der Waals surface area contributed by atoms with Gasteiger partial charge in [-0.1, -0.05) is 5.11 Å². The van der Waals surface area contributed by atoms with E-state index >= 15 is 0 Å². The minimum absolute atomic E-state index is 0.0356. The Morgan fingerprint density at radius 2 is 2.00 bits per heavy atom. The molecule has 18 heavy (non-hydrogen) atoms. The number of benzene rings is 1. The fourth-order valence-corrected chi connectivity index (χ4v) is 2.71. The van der Waals surface area contributed by atoms with Gasteiger partial charge in [0.25, 0.3) is 0 Å². The highest BCUT2D eigenvalue weighted by Gasteiger charge is 2.12. The Morgan fingerprint density at radius 3 is 2.50 bits per heavy atom. The molecule has 7 nitrogen and oxygen atoms in total. The van der Waals surface area contributed by atoms with Crippen molar-refractivity contribution in [3.05, 3.63) is 34.7 Å². The Morgan fingerprint density at radius 1 is 1.39 bits per heavy atom. The zero-order valence-corrected chi connectivity index (χ0v) is 11.2. The van der Waals surface area contributed by atoms with Gasteiger partial charge in [0, 0.05) is 40.0 Å². The fraction of sp³-hybridized carbons (Fsp3) is 0.333. The number of nitrogens with one attached hydrogen (secondary N) is 1. The molecule has 0 heterocycles. The maximum Gasteiger partial charge on any atom is 0.240 e. The van der Waals surface area contributed by atoms with Crippen LogP contribution in [0.3, 0.4) is 0 Å². The second kappa shape index (κ2) is 6.50. The first-order chi connectivity index (χ1) is 8.47. The lowest BCUT2D eigenvalue weighted by Gasteiger charge is -2.05. The molecule has 0 spiro atoms. The van der Waals surface area contributed by atoms with Crippen molar-refractivity contribution in [1.82, 2.24) is 4.72 Å². The van der Waals surface area contributed by atoms with Crippen LogP contribution in [0.25, 0.3) is 10.4 Å². The molecule has 0 aliphatic rings. The molecular formula is C9H12N4O3S2. The second-order valence-electron chi connectivity index (χ2n) is 3.28. The molecule has 0 aromatic heterocycles. The summed E-state index contributed by atoms with van der Waals surface area (Å²) in [6.45, 7) is 0.0840. The van der Waals surface area contributed by atoms with Crippen LogP contribution < -0.4 is 4.72 Å². The van der Waals surface area contributed by atoms with Gasteiger partial charge in [0.05, 0.1) is 4.90 Å². The maximum absolute atomic E-state index is 11.8. The van der Waals surface area contributed by atoms with Crippen molar-refractivity contribution in [2.45, 2.75) is 9.79 Å². The van der Waals surface area contributed by atoms with Gasteiger partial charge < -0.3 is 0 Å². The van der Waals surface area contributed by atoms with E-state index in [4.69, 9.17) is 5.53 Å². The van der Waals surface area contributed by atoms with E-state index in [-0.39, 0.29) is 18.0 Å². The van der Waals surface area contributed by atoms with Crippen LogP contribution in [-0.4, -0.2) is 32.0 Å². The Labute approximate surface area is 107 Å². The second-order valence-corrected chi connectivity index (χ2v) is 6.42. The summed E-state index contributed by atoms with van der Waals surface area (Å²) in [5, 5.41) is 3.22. The quantitative estimate of drug-likeness (QED) is 0.365. The lowest BCUT2D eigenvalue weighted by Crippen LogP contribution is -2.26. The van der Waals surface area contributed by atoms with Gasteiger partial charge in [-0.05, 0) is 29.8 Å². The summed E-state index contributed by atoms with van der Waals surface area (Å²) in [6.07, 6.45) is 1.52. The minimum Gasteiger partial charge on any atom is -0.255 e. The van der Waals surface area contributed by atoms with E-state index in [0.717, 1.165) is 0 Å². The highest BCUT2D eigenvalue weighted by Crippen LogP contribution is 2.12. The van der Waals surface area contributed by atoms with E-state index < -0.39 is 20.8 Å². The van der Waals surface area contributed by atoms with Crippen LogP contribution in [0.2, 0.25) is 0 Å². The third-order valence-corrected chi connectivity index (χ3v) is 4.45. The van der Waals surface area contributed by atoms with Crippen molar-refractivity contribution in [3.8, 4) is 0 Å². The monoisotopic (exact) mass is 288 g/mol. The van der Waals surface area contributed by atoms with Crippen molar-refractivity contribution >= 4 is 20.8 Å². The average Bonchev–Trinajstić information content (AvgIpc) is 2.35. The van der Waals surface area contributed by atoms with E-state index in [0.29, 0.717) is 4.90 Å². The van der Waals surface area contributed by atoms with Gasteiger partial charge in [0.2, 0.25) is 10.0 Å². The number of hydrogen-bond acceptors (Lipinski definition) is 4. The lowest BCUT2D eigenvalue weighted by molar-refractivity contribution is 0.582. The summed E-state index contributed by atoms with van der Waals surface area (Å²) in [4.78, 5) is 3.15. The van der Waals surface area contributed by atoms with Gasteiger partial charge >= 0.3 is 0 Å². The topological polar surface area (TPSA) is 112 Å². The predicted octanol–water partition coefficient (Wildman–Crippen LogP) is 1.01. The third kappa shape index (κ3) is 4.11. The largest absolute Gasteiger partial charge is 0.255 e. The summed E-state index contributed by atoms with van der Waals surface area (Å²) in [6, 6.07) is 5.76. The molecule has 1 aromatic carbocycles. The molecule has 0 aliphatic heterocycles. The number of azide groups is 1. The molecule has 0 fully saturated rings. The number of nitrogens with zero attached hydrogens (tertiary/aromatic N) is 3. The normalized spacial score (nSPS) is 12.7. The van der Waals surface area contributed by atoms with E-state index in [9.17, 15) is 12.6 Å². The summed E-state index contributed by atoms with van der Waals surface area (Å²) >= 11 is 0. The van der Waals surface area contributed by atoms with Gasteiger partial charge in [-0.3, -0.25) is 4.21 Å². The SMILES string of the molecule is CS(=O)c1ccc(S(=O)(=O)NCCN=[N+]=[N-])cc1. The summed E-state index contributed by atoms with van der Waals surface area (Å²) in [5.74, 6) is 0. The number of sulfonamides is 1. The molecule has 0 amide bonds. The summed E-state index contributed by atoms with van der Waals surface area (Å²) < 4.78 is 36.9. The zero-order valence-electron chi connectivity index (χ0n) is 9.61. The summed E-state index contributed by atoms with van der Waals surface area (Å²) in [7, 11) is -4.76. The Hall–Kier alpha value is -1.41. The fourth-order valence-electron chi connectivity index (χ4n) is 1.17. The molecule has 0 saturated heterocycles. The minimum atomic E-state index is -3.62. The molecule has 1 aromatic rings. The van der Waals surface area contributed by atoms with Crippen molar-refractivity contribution in [1.29, 1.82) is 0 Å². The molecule has 0 bridgehead atoms. The predicted molar refractivity (Wildman–Crippen MR) is 68.0 cm³/mol. The van der Waals surface area contributed by atoms with Crippen LogP contribution >= 0.6 is 0 Å². The van der Waals surface area contributed by atoms with E-state index in [1.165, 1.54) is 30.5 Å². The van der Waals surface area contributed by atoms with E-state index in [1.54, 1.807) is 0 Å². The van der Waals surface area contributed by atoms with Crippen molar-refractivity contribution < 1.29 is 12.6 Å². The summed E-state index contributed by atoms with van der Waals surface area (Å²) in [5.41, 5.74) is 8.05. The first kappa shape index (κ1) is 14.7. The smallest absolute Gasteiger partial charge is 0.240 e. The molecule has 1 atom stereocenters. The number of hydrogen-bond donors (Lipinski definition) is 1. The molecule has 0 saturated carbocycles. The molecule has 1 rings (SSSR count). The van der Waals surface area contributed by atoms with Crippen LogP contribution in [0, 0.1) is 0 Å². The maximum atomic E-state index is 11.8. The van der Waals surface area contributed by atoms with Crippen molar-refractivity contribution in [3.63, 3.8) is 0 Å². The zero-order chi connectivity index (χ0) is 13.6. The van der Waals surface area contributed by atoms with Crippen LogP contribution in [0.15, 0.2) is 39.2 Å². The number of rotatable bonds is 6. The first-order valence-corrected chi connectivity index (χ1v) is 7.95. The Balaban J connectivity index is 2.78. The van der Waals surface area contributed by atoms with Crippen molar-refractivity contribution in [2.75, 3.05) is 19.3 Å². The standard InChI is InChI=1S/C9H12N4O3S2/c1-17(14)8-2-4-9(5-3-8)18(15,16)12-7-6-11-13-10/h2-5,12H,6-7H2,1H3. The highest BCUT2D eigenvalue weighted by molar-refractivity contribution is 7.89. The average molecular weight is 288 g/mol. The molecule has 1 N–H and O–H groups in total. The Bertz CT molecular complexity index is 576. The molecule has 0 radical (unpaired) electrons. The van der Waals surface area contributed by atoms with Crippen molar-refractivity contribution in [2.24, 2.45) is 5.11 Å². The van der Waals surface area contributed by atoms with Crippen LogP contribution in [0.5, 0.6) is 0 Å². The molecule has 9 heteroatoms. The molecule has 1 unspecified atom stereocenters. The third-order valence-electron chi connectivity index (χ3n) is 2.03. The van der Waals surface area contributed by atoms with Crippen LogP contribution in [0.4, 0.5) is 0 Å². The lowest BCUT2D eigenvalue weighted by atomic mass is 10.4. The first-order valence-electron chi connectivity index (χ1n) is 4.91. The molecule has 0 aliphatic carbocycles. The van der Waals surface area contributed by atoms with Gasteiger partial charge in [-0.25, -0.2) is 13.1 Å². The van der Waals surface area contributed by atoms with Gasteiger partial charge in [0.1, 0.15) is 0 Å². The van der Waals surface area contributed by atoms with E-state index in [2.05, 4.69) is 14.7 Å². The van der Waals surface area contributed by atoms with Gasteiger partial charge in [-0.15, -0.1) is 0 Å². The van der Waals surface area contributed by atoms with Crippen LogP contribution in [-0.2, 0) is 20.8 Å². The highest BCUT2D eigenvalue weighted by atomic mass is 32.2. The Kier molecular flexibility index (Phi) is 5.29. The van der Waals surface area contributed by atoms with Gasteiger partial charge in [-0.2, -0.15) is 0 Å².